The van der Waals surface area contributed by atoms with Crippen LogP contribution in [0.25, 0.3) is 10.6 Å². The van der Waals surface area contributed by atoms with Gasteiger partial charge in [-0.2, -0.15) is 12.7 Å². The number of amides is 1. The average molecular weight is 436 g/mol. The number of rotatable bonds is 7. The van der Waals surface area contributed by atoms with E-state index in [0.29, 0.717) is 9.31 Å². The molecule has 0 aliphatic rings. The number of halogens is 1. The zero-order valence-corrected chi connectivity index (χ0v) is 17.2. The van der Waals surface area contributed by atoms with Gasteiger partial charge in [0.05, 0.1) is 5.69 Å². The second kappa shape index (κ2) is 8.64. The Hall–Kier alpha value is -2.89. The Kier molecular flexibility index (Phi) is 6.20. The van der Waals surface area contributed by atoms with Gasteiger partial charge in [0.1, 0.15) is 17.4 Å². The Labute approximate surface area is 171 Å². The minimum absolute atomic E-state index is 0.213. The van der Waals surface area contributed by atoms with Crippen LogP contribution in [0, 0.1) is 5.82 Å². The molecule has 3 aromatic rings. The molecule has 0 bridgehead atoms. The van der Waals surface area contributed by atoms with E-state index in [2.05, 4.69) is 15.5 Å². The van der Waals surface area contributed by atoms with E-state index in [4.69, 9.17) is 0 Å². The summed E-state index contributed by atoms with van der Waals surface area (Å²) in [6, 6.07) is 14.6. The van der Waals surface area contributed by atoms with Crippen LogP contribution in [-0.2, 0) is 15.0 Å². The van der Waals surface area contributed by atoms with Crippen molar-refractivity contribution in [2.45, 2.75) is 0 Å². The van der Waals surface area contributed by atoms with Crippen LogP contribution >= 0.6 is 11.3 Å². The van der Waals surface area contributed by atoms with E-state index < -0.39 is 28.5 Å². The van der Waals surface area contributed by atoms with E-state index in [-0.39, 0.29) is 10.8 Å². The molecule has 0 saturated carbocycles. The van der Waals surface area contributed by atoms with E-state index in [1.807, 2.05) is 30.3 Å². The molecule has 1 aromatic heterocycles. The molecule has 0 unspecified atom stereocenters. The number of benzene rings is 2. The molecule has 0 fully saturated rings. The maximum absolute atomic E-state index is 14.2. The van der Waals surface area contributed by atoms with Crippen molar-refractivity contribution in [2.24, 2.45) is 0 Å². The van der Waals surface area contributed by atoms with Crippen LogP contribution in [0.3, 0.4) is 0 Å². The highest BCUT2D eigenvalue weighted by Crippen LogP contribution is 2.26. The molecule has 0 radical (unpaired) electrons. The molecule has 3 rings (SSSR count). The Bertz CT molecular complexity index is 1100. The van der Waals surface area contributed by atoms with Crippen LogP contribution in [-0.4, -0.2) is 49.5 Å². The third-order valence-corrected chi connectivity index (χ3v) is 6.53. The molecule has 29 heavy (non-hydrogen) atoms. The van der Waals surface area contributed by atoms with Crippen LogP contribution in [0.5, 0.6) is 0 Å². The van der Waals surface area contributed by atoms with Crippen molar-refractivity contribution >= 4 is 38.3 Å². The van der Waals surface area contributed by atoms with Crippen molar-refractivity contribution in [3.63, 3.8) is 0 Å². The lowest BCUT2D eigenvalue weighted by Gasteiger charge is -2.26. The van der Waals surface area contributed by atoms with Crippen LogP contribution in [0.2, 0.25) is 0 Å². The molecular weight excluding hydrogens is 417 g/mol. The third kappa shape index (κ3) is 4.75. The molecule has 8 nitrogen and oxygen atoms in total. The van der Waals surface area contributed by atoms with E-state index in [9.17, 15) is 17.6 Å². The summed E-state index contributed by atoms with van der Waals surface area (Å²) >= 11 is 1.15. The zero-order valence-electron chi connectivity index (χ0n) is 15.6. The fourth-order valence-corrected chi connectivity index (χ4v) is 4.24. The standard InChI is InChI=1S/C18H18FN5O3S2/c1-23(2)29(26,27)24(15-11-7-6-10-14(15)19)12-16(25)20-18-22-21-17(28-18)13-8-4-3-5-9-13/h3-11H,12H2,1-2H3,(H,20,22,25). The van der Waals surface area contributed by atoms with E-state index in [0.717, 1.165) is 27.3 Å². The van der Waals surface area contributed by atoms with E-state index >= 15 is 0 Å². The molecule has 0 aliphatic heterocycles. The quantitative estimate of drug-likeness (QED) is 0.616. The molecule has 0 saturated heterocycles. The second-order valence-corrected chi connectivity index (χ2v) is 9.12. The fourth-order valence-electron chi connectivity index (χ4n) is 2.40. The smallest absolute Gasteiger partial charge is 0.299 e. The van der Waals surface area contributed by atoms with Crippen molar-refractivity contribution in [2.75, 3.05) is 30.3 Å². The van der Waals surface area contributed by atoms with Crippen molar-refractivity contribution in [3.05, 3.63) is 60.4 Å². The first kappa shape index (κ1) is 20.8. The number of nitrogens with one attached hydrogen (secondary N) is 1. The largest absolute Gasteiger partial charge is 0.304 e. The highest BCUT2D eigenvalue weighted by atomic mass is 32.2. The van der Waals surface area contributed by atoms with Crippen molar-refractivity contribution < 1.29 is 17.6 Å². The van der Waals surface area contributed by atoms with Crippen LogP contribution in [0.1, 0.15) is 0 Å². The maximum Gasteiger partial charge on any atom is 0.304 e. The van der Waals surface area contributed by atoms with E-state index in [1.54, 1.807) is 0 Å². The van der Waals surface area contributed by atoms with Crippen molar-refractivity contribution in [3.8, 4) is 10.6 Å². The SMILES string of the molecule is CN(C)S(=O)(=O)N(CC(=O)Nc1nnc(-c2ccccc2)s1)c1ccccc1F. The molecule has 11 heteroatoms. The zero-order chi connectivity index (χ0) is 21.0. The van der Waals surface area contributed by atoms with Gasteiger partial charge in [-0.15, -0.1) is 10.2 Å². The molecule has 0 aliphatic carbocycles. The van der Waals surface area contributed by atoms with Gasteiger partial charge in [-0.05, 0) is 12.1 Å². The first-order valence-corrected chi connectivity index (χ1v) is 10.6. The topological polar surface area (TPSA) is 95.5 Å². The van der Waals surface area contributed by atoms with E-state index in [1.165, 1.54) is 32.3 Å². The Morgan fingerprint density at radius 1 is 1.07 bits per heavy atom. The summed E-state index contributed by atoms with van der Waals surface area (Å²) in [5.74, 6) is -1.43. The number of carbonyl (C=O) groups excluding carboxylic acids is 1. The summed E-state index contributed by atoms with van der Waals surface area (Å²) < 4.78 is 41.1. The predicted molar refractivity (Wildman–Crippen MR) is 110 cm³/mol. The molecular formula is C18H18FN5O3S2. The highest BCUT2D eigenvalue weighted by Gasteiger charge is 2.29. The van der Waals surface area contributed by atoms with Gasteiger partial charge in [-0.25, -0.2) is 8.70 Å². The number of hydrogen-bond acceptors (Lipinski definition) is 6. The molecule has 1 amide bonds. The number of anilines is 2. The lowest BCUT2D eigenvalue weighted by atomic mass is 10.2. The van der Waals surface area contributed by atoms with Gasteiger partial charge in [0.15, 0.2) is 0 Å². The molecule has 2 aromatic carbocycles. The monoisotopic (exact) mass is 435 g/mol. The first-order valence-electron chi connectivity index (χ1n) is 8.42. The Morgan fingerprint density at radius 2 is 1.72 bits per heavy atom. The number of carbonyl (C=O) groups is 1. The van der Waals surface area contributed by atoms with Gasteiger partial charge in [0.25, 0.3) is 0 Å². The number of nitrogens with zero attached hydrogens (tertiary/aromatic N) is 4. The van der Waals surface area contributed by atoms with Crippen LogP contribution in [0.15, 0.2) is 54.6 Å². The van der Waals surface area contributed by atoms with Gasteiger partial charge < -0.3 is 0 Å². The van der Waals surface area contributed by atoms with Gasteiger partial charge >= 0.3 is 10.2 Å². The predicted octanol–water partition coefficient (Wildman–Crippen LogP) is 2.60. The lowest BCUT2D eigenvalue weighted by Crippen LogP contribution is -2.44. The third-order valence-electron chi connectivity index (χ3n) is 3.84. The molecule has 1 N–H and O–H groups in total. The number of hydrogen-bond donors (Lipinski definition) is 1. The van der Waals surface area contributed by atoms with Crippen LogP contribution in [0.4, 0.5) is 15.2 Å². The summed E-state index contributed by atoms with van der Waals surface area (Å²) in [4.78, 5) is 12.5. The van der Waals surface area contributed by atoms with Gasteiger partial charge in [0.2, 0.25) is 11.0 Å². The minimum Gasteiger partial charge on any atom is -0.299 e. The summed E-state index contributed by atoms with van der Waals surface area (Å²) in [6.45, 7) is -0.623. The average Bonchev–Trinajstić information content (AvgIpc) is 3.15. The van der Waals surface area contributed by atoms with Crippen LogP contribution < -0.4 is 9.62 Å². The van der Waals surface area contributed by atoms with Crippen molar-refractivity contribution in [1.29, 1.82) is 0 Å². The molecule has 152 valence electrons. The lowest BCUT2D eigenvalue weighted by molar-refractivity contribution is -0.114. The molecule has 0 spiro atoms. The first-order chi connectivity index (χ1) is 13.8. The normalized spacial score (nSPS) is 11.4. The second-order valence-electron chi connectivity index (χ2n) is 6.07. The fraction of sp³-hybridized carbons (Fsp3) is 0.167. The summed E-state index contributed by atoms with van der Waals surface area (Å²) in [5.41, 5.74) is 0.618. The Morgan fingerprint density at radius 3 is 2.38 bits per heavy atom. The maximum atomic E-state index is 14.2. The Balaban J connectivity index is 1.81. The minimum atomic E-state index is -4.11. The summed E-state index contributed by atoms with van der Waals surface area (Å²) in [6.07, 6.45) is 0. The summed E-state index contributed by atoms with van der Waals surface area (Å²) in [5, 5.41) is 11.3. The number of aromatic nitrogens is 2. The van der Waals surface area contributed by atoms with Gasteiger partial charge in [-0.3, -0.25) is 10.1 Å². The van der Waals surface area contributed by atoms with Crippen molar-refractivity contribution in [1.82, 2.24) is 14.5 Å². The molecule has 0 atom stereocenters. The van der Waals surface area contributed by atoms with Gasteiger partial charge in [0, 0.05) is 19.7 Å². The van der Waals surface area contributed by atoms with Gasteiger partial charge in [-0.1, -0.05) is 53.8 Å². The highest BCUT2D eigenvalue weighted by molar-refractivity contribution is 7.90. The molecule has 1 heterocycles. The number of para-hydroxylation sites is 1. The summed E-state index contributed by atoms with van der Waals surface area (Å²) in [7, 11) is -1.50.